The third kappa shape index (κ3) is 13.7. The fourth-order valence-corrected chi connectivity index (χ4v) is 5.44. The first-order valence-corrected chi connectivity index (χ1v) is 17.3. The van der Waals surface area contributed by atoms with E-state index in [0.717, 1.165) is 39.8 Å². The van der Waals surface area contributed by atoms with Crippen molar-refractivity contribution in [1.82, 2.24) is 5.32 Å². The molecule has 5 atom stereocenters. The molecule has 2 N–H and O–H groups in total. The van der Waals surface area contributed by atoms with E-state index in [0.29, 0.717) is 5.56 Å². The molecule has 1 aliphatic rings. The molecule has 0 aliphatic carbocycles. The van der Waals surface area contributed by atoms with Gasteiger partial charge in [0.25, 0.3) is 5.91 Å². The predicted octanol–water partition coefficient (Wildman–Crippen LogP) is 1.40. The molecule has 1 heterocycles. The van der Waals surface area contributed by atoms with Crippen molar-refractivity contribution >= 4 is 40.2 Å². The molecule has 1 aliphatic heterocycles. The highest BCUT2D eigenvalue weighted by Gasteiger charge is 2.53. The Hall–Kier alpha value is -5.67. The van der Waals surface area contributed by atoms with Crippen molar-refractivity contribution in [3.05, 3.63) is 64.0 Å². The number of rotatable bonds is 19. The van der Waals surface area contributed by atoms with Gasteiger partial charge in [0, 0.05) is 51.3 Å². The van der Waals surface area contributed by atoms with E-state index in [4.69, 9.17) is 47.1 Å². The lowest BCUT2D eigenvalue weighted by atomic mass is 9.98. The maximum Gasteiger partial charge on any atom is 0.501 e. The van der Waals surface area contributed by atoms with Gasteiger partial charge in [-0.25, -0.2) is 0 Å². The van der Waals surface area contributed by atoms with E-state index in [2.05, 4.69) is 15.3 Å². The number of carbonyl (C=O) groups is 5. The number of esters is 4. The molecule has 0 saturated carbocycles. The molecule has 0 aromatic heterocycles. The van der Waals surface area contributed by atoms with Gasteiger partial charge in [-0.3, -0.25) is 24.0 Å². The number of carbonyl (C=O) groups excluding carboxylic acids is 5. The van der Waals surface area contributed by atoms with Crippen LogP contribution in [0.25, 0.3) is 10.4 Å². The van der Waals surface area contributed by atoms with Crippen molar-refractivity contribution in [1.29, 1.82) is 0 Å². The lowest BCUT2D eigenvalue weighted by Crippen LogP contribution is -2.63. The van der Waals surface area contributed by atoms with E-state index in [9.17, 15) is 37.5 Å². The number of ether oxygens (including phenoxy) is 7. The van der Waals surface area contributed by atoms with Crippen molar-refractivity contribution in [3.8, 4) is 17.2 Å². The molecule has 22 heteroatoms. The average molecular weight is 783 g/mol. The number of aliphatic hydroxyl groups is 1. The summed E-state index contributed by atoms with van der Waals surface area (Å²) in [6.07, 6.45) is -8.03. The van der Waals surface area contributed by atoms with Crippen LogP contribution >= 0.6 is 0 Å². The molecule has 3 rings (SSSR count). The van der Waals surface area contributed by atoms with Gasteiger partial charge in [0.2, 0.25) is 12.4 Å². The first-order valence-electron chi connectivity index (χ1n) is 15.9. The van der Waals surface area contributed by atoms with E-state index in [1.807, 2.05) is 0 Å². The minimum Gasteiger partial charge on any atom is -0.463 e. The third-order valence-corrected chi connectivity index (χ3v) is 7.60. The Bertz CT molecular complexity index is 1800. The Morgan fingerprint density at radius 1 is 0.852 bits per heavy atom. The highest BCUT2D eigenvalue weighted by molar-refractivity contribution is 7.82. The largest absolute Gasteiger partial charge is 0.501 e. The number of benzene rings is 2. The summed E-state index contributed by atoms with van der Waals surface area (Å²) >= 11 is 0. The second kappa shape index (κ2) is 20.5. The molecule has 0 unspecified atom stereocenters. The average Bonchev–Trinajstić information content (AvgIpc) is 3.09. The minimum absolute atomic E-state index is 0.000469. The van der Waals surface area contributed by atoms with Crippen molar-refractivity contribution in [2.45, 2.75) is 65.0 Å². The summed E-state index contributed by atoms with van der Waals surface area (Å²) in [5.41, 5.74) is 8.66. The maximum atomic E-state index is 13.1. The van der Waals surface area contributed by atoms with E-state index in [1.54, 1.807) is 0 Å². The fraction of sp³-hybridized carbons (Fsp3) is 0.469. The van der Waals surface area contributed by atoms with Gasteiger partial charge in [-0.15, -0.1) is 8.42 Å². The SMILES string of the molecule is CC(=O)OC[C@H]1O[C@@H](Oc2ccc(C(=O)NCCOCCN=[N+]=[N-])cc2OS(=O)(=O)Oc2ccc(CO)cc2)[C@H](OC(C)=O)[C@@H](OC(C)=O)[C@H]1OC(C)=O. The van der Waals surface area contributed by atoms with Gasteiger partial charge in [0.05, 0.1) is 19.8 Å². The van der Waals surface area contributed by atoms with Crippen molar-refractivity contribution < 1.29 is 79.0 Å². The summed E-state index contributed by atoms with van der Waals surface area (Å²) in [6.45, 7) is 3.49. The summed E-state index contributed by atoms with van der Waals surface area (Å²) in [4.78, 5) is 63.9. The minimum atomic E-state index is -4.99. The van der Waals surface area contributed by atoms with Crippen LogP contribution in [0.2, 0.25) is 0 Å². The molecule has 294 valence electrons. The van der Waals surface area contributed by atoms with E-state index in [-0.39, 0.29) is 44.2 Å². The lowest BCUT2D eigenvalue weighted by Gasteiger charge is -2.43. The molecule has 1 saturated heterocycles. The van der Waals surface area contributed by atoms with Crippen LogP contribution in [0.15, 0.2) is 47.6 Å². The zero-order valence-corrected chi connectivity index (χ0v) is 30.2. The van der Waals surface area contributed by atoms with Crippen LogP contribution in [0.4, 0.5) is 0 Å². The Labute approximate surface area is 308 Å². The molecule has 2 aromatic carbocycles. The fourth-order valence-electron chi connectivity index (χ4n) is 4.71. The molecule has 21 nitrogen and oxygen atoms in total. The van der Waals surface area contributed by atoms with Crippen LogP contribution in [0, 0.1) is 0 Å². The molecular formula is C32H38N4O17S. The van der Waals surface area contributed by atoms with Gasteiger partial charge in [0.1, 0.15) is 18.5 Å². The monoisotopic (exact) mass is 782 g/mol. The van der Waals surface area contributed by atoms with Gasteiger partial charge >= 0.3 is 34.3 Å². The molecular weight excluding hydrogens is 744 g/mol. The third-order valence-electron chi connectivity index (χ3n) is 6.82. The Balaban J connectivity index is 2.03. The zero-order valence-electron chi connectivity index (χ0n) is 29.4. The molecule has 54 heavy (non-hydrogen) atoms. The van der Waals surface area contributed by atoms with Crippen LogP contribution in [-0.2, 0) is 64.6 Å². The Morgan fingerprint density at radius 2 is 1.50 bits per heavy atom. The standard InChI is InChI=1S/C32H38N4O17S/c1-18(38)46-17-27-28(47-19(2)39)29(48-20(3)40)30(49-21(4)41)32(51-27)50-25-10-7-23(31(42)34-11-13-45-14-12-35-36-33)15-26(25)53-54(43,44)52-24-8-5-22(16-37)6-9-24/h5-10,15,27-30,32,37H,11-14,16-17H2,1-4H3,(H,34,42)/t27-,28+,29+,30-,32-/m1/s1. The van der Waals surface area contributed by atoms with Crippen LogP contribution in [0.5, 0.6) is 17.2 Å². The van der Waals surface area contributed by atoms with E-state index in [1.165, 1.54) is 30.3 Å². The van der Waals surface area contributed by atoms with Crippen molar-refractivity contribution in [2.24, 2.45) is 5.11 Å². The predicted molar refractivity (Wildman–Crippen MR) is 179 cm³/mol. The van der Waals surface area contributed by atoms with E-state index >= 15 is 0 Å². The smallest absolute Gasteiger partial charge is 0.463 e. The number of nitrogens with one attached hydrogen (secondary N) is 1. The normalized spacial score (nSPS) is 19.2. The van der Waals surface area contributed by atoms with Gasteiger partial charge < -0.3 is 51.9 Å². The highest BCUT2D eigenvalue weighted by atomic mass is 32.3. The van der Waals surface area contributed by atoms with Crippen LogP contribution in [0.1, 0.15) is 43.6 Å². The number of nitrogens with zero attached hydrogens (tertiary/aromatic N) is 3. The van der Waals surface area contributed by atoms with Crippen molar-refractivity contribution in [2.75, 3.05) is 32.9 Å². The van der Waals surface area contributed by atoms with Gasteiger partial charge in [-0.05, 0) is 41.4 Å². The zero-order chi connectivity index (χ0) is 39.8. The summed E-state index contributed by atoms with van der Waals surface area (Å²) in [5.74, 6) is -5.47. The second-order valence-electron chi connectivity index (χ2n) is 11.0. The summed E-state index contributed by atoms with van der Waals surface area (Å²) in [7, 11) is -4.99. The van der Waals surface area contributed by atoms with Gasteiger partial charge in [-0.2, -0.15) is 0 Å². The van der Waals surface area contributed by atoms with Crippen LogP contribution in [-0.4, -0.2) is 107 Å². The molecule has 0 radical (unpaired) electrons. The maximum absolute atomic E-state index is 13.1. The number of amides is 1. The molecule has 0 spiro atoms. The Kier molecular flexibility index (Phi) is 16.3. The van der Waals surface area contributed by atoms with Crippen LogP contribution < -0.4 is 18.4 Å². The molecule has 2 aromatic rings. The number of azide groups is 1. The number of aliphatic hydroxyl groups excluding tert-OH is 1. The molecule has 0 bridgehead atoms. The summed E-state index contributed by atoms with van der Waals surface area (Å²) < 4.78 is 74.9. The van der Waals surface area contributed by atoms with Crippen LogP contribution in [0.3, 0.4) is 0 Å². The first kappa shape index (κ1) is 42.7. The van der Waals surface area contributed by atoms with Gasteiger partial charge in [-0.1, -0.05) is 17.2 Å². The van der Waals surface area contributed by atoms with E-state index < -0.39 is 89.0 Å². The first-order chi connectivity index (χ1) is 25.6. The molecule has 1 amide bonds. The van der Waals surface area contributed by atoms with Crippen molar-refractivity contribution in [3.63, 3.8) is 0 Å². The quantitative estimate of drug-likeness (QED) is 0.0508. The second-order valence-corrected chi connectivity index (χ2v) is 12.2. The van der Waals surface area contributed by atoms with Gasteiger partial charge in [0.15, 0.2) is 23.7 Å². The summed E-state index contributed by atoms with van der Waals surface area (Å²) in [6, 6.07) is 8.60. The lowest BCUT2D eigenvalue weighted by molar-refractivity contribution is -0.288. The molecule has 1 fully saturated rings. The topological polar surface area (TPSA) is 284 Å². The summed E-state index contributed by atoms with van der Waals surface area (Å²) in [5, 5.41) is 15.2. The number of hydrogen-bond acceptors (Lipinski definition) is 18. The highest BCUT2D eigenvalue weighted by Crippen LogP contribution is 2.36. The number of hydrogen-bond donors (Lipinski definition) is 2. The Morgan fingerprint density at radius 3 is 2.11 bits per heavy atom.